The summed E-state index contributed by atoms with van der Waals surface area (Å²) in [6.45, 7) is 3.39. The molecule has 2 N–H and O–H groups in total. The van der Waals surface area contributed by atoms with Gasteiger partial charge in [0.25, 0.3) is 5.91 Å². The molecule has 0 fully saturated rings. The number of unbranched alkanes of at least 4 members (excludes halogenated alkanes) is 1. The Morgan fingerprint density at radius 3 is 2.42 bits per heavy atom. The molecule has 0 bridgehead atoms. The first kappa shape index (κ1) is 23.0. The summed E-state index contributed by atoms with van der Waals surface area (Å²) in [7, 11) is -3.62. The summed E-state index contributed by atoms with van der Waals surface area (Å²) >= 11 is 1.49. The maximum Gasteiger partial charge on any atom is 0.251 e. The highest BCUT2D eigenvalue weighted by Gasteiger charge is 2.15. The van der Waals surface area contributed by atoms with Crippen molar-refractivity contribution in [3.8, 4) is 5.75 Å². The van der Waals surface area contributed by atoms with Gasteiger partial charge in [-0.2, -0.15) is 0 Å². The lowest BCUT2D eigenvalue weighted by Gasteiger charge is -2.09. The van der Waals surface area contributed by atoms with Gasteiger partial charge in [0.05, 0.1) is 11.5 Å². The number of hydrogen-bond donors (Lipinski definition) is 2. The Hall–Kier alpha value is -2.68. The van der Waals surface area contributed by atoms with Crippen molar-refractivity contribution < 1.29 is 17.9 Å². The molecule has 8 heteroatoms. The van der Waals surface area contributed by atoms with Gasteiger partial charge in [0.1, 0.15) is 5.75 Å². The molecule has 0 saturated heterocycles. The molecule has 0 aliphatic carbocycles. The summed E-state index contributed by atoms with van der Waals surface area (Å²) in [5.41, 5.74) is 1.61. The van der Waals surface area contributed by atoms with Crippen molar-refractivity contribution in [2.45, 2.75) is 31.2 Å². The summed E-state index contributed by atoms with van der Waals surface area (Å²) in [6, 6.07) is 17.6. The van der Waals surface area contributed by atoms with E-state index < -0.39 is 10.0 Å². The summed E-state index contributed by atoms with van der Waals surface area (Å²) in [5, 5.41) is 4.75. The van der Waals surface area contributed by atoms with Crippen LogP contribution in [0.3, 0.4) is 0 Å². The van der Waals surface area contributed by atoms with Crippen LogP contribution in [0.5, 0.6) is 5.75 Å². The summed E-state index contributed by atoms with van der Waals surface area (Å²) in [5.74, 6) is 0.615. The number of carbonyl (C=O) groups excluding carboxylic acids is 1. The van der Waals surface area contributed by atoms with E-state index in [1.165, 1.54) is 41.2 Å². The standard InChI is InChI=1S/C23H26N2O4S2/c1-18-6-10-20(11-7-18)29-15-3-2-14-24-23(26)19-8-12-22(13-9-19)31(27,28)25-17-21-5-4-16-30-21/h4-13,16,25H,2-3,14-15,17H2,1H3,(H,24,26). The Morgan fingerprint density at radius 1 is 1.00 bits per heavy atom. The number of carbonyl (C=O) groups is 1. The summed E-state index contributed by atoms with van der Waals surface area (Å²) in [6.07, 6.45) is 1.61. The molecule has 0 spiro atoms. The van der Waals surface area contributed by atoms with Gasteiger partial charge in [-0.15, -0.1) is 11.3 Å². The first-order valence-corrected chi connectivity index (χ1v) is 12.4. The van der Waals surface area contributed by atoms with E-state index in [0.29, 0.717) is 18.7 Å². The Bertz CT molecular complexity index is 1060. The van der Waals surface area contributed by atoms with Crippen LogP contribution in [0.1, 0.15) is 33.6 Å². The molecule has 2 aromatic carbocycles. The van der Waals surface area contributed by atoms with Crippen LogP contribution in [0, 0.1) is 6.92 Å². The Morgan fingerprint density at radius 2 is 1.74 bits per heavy atom. The first-order valence-electron chi connectivity index (χ1n) is 10.0. The van der Waals surface area contributed by atoms with E-state index in [9.17, 15) is 13.2 Å². The van der Waals surface area contributed by atoms with Crippen molar-refractivity contribution in [2.24, 2.45) is 0 Å². The van der Waals surface area contributed by atoms with Crippen LogP contribution in [0.15, 0.2) is 70.9 Å². The zero-order valence-corrected chi connectivity index (χ0v) is 19.0. The molecule has 1 aromatic heterocycles. The molecule has 3 rings (SSSR count). The van der Waals surface area contributed by atoms with Gasteiger partial charge < -0.3 is 10.1 Å². The Labute approximate surface area is 187 Å². The number of amides is 1. The minimum atomic E-state index is -3.62. The quantitative estimate of drug-likeness (QED) is 0.423. The van der Waals surface area contributed by atoms with Gasteiger partial charge in [0, 0.05) is 23.5 Å². The second-order valence-electron chi connectivity index (χ2n) is 7.05. The lowest BCUT2D eigenvalue weighted by molar-refractivity contribution is 0.0952. The third kappa shape index (κ3) is 7.20. The second kappa shape index (κ2) is 11.1. The molecule has 0 radical (unpaired) electrons. The zero-order valence-electron chi connectivity index (χ0n) is 17.3. The van der Waals surface area contributed by atoms with E-state index in [0.717, 1.165) is 23.5 Å². The molecule has 0 saturated carbocycles. The van der Waals surface area contributed by atoms with Crippen molar-refractivity contribution >= 4 is 27.3 Å². The molecule has 0 aliphatic rings. The Kier molecular flexibility index (Phi) is 8.22. The van der Waals surface area contributed by atoms with E-state index in [4.69, 9.17) is 4.74 Å². The van der Waals surface area contributed by atoms with Crippen molar-refractivity contribution in [2.75, 3.05) is 13.2 Å². The molecule has 0 aliphatic heterocycles. The monoisotopic (exact) mass is 458 g/mol. The normalized spacial score (nSPS) is 11.3. The highest BCUT2D eigenvalue weighted by Crippen LogP contribution is 2.14. The average molecular weight is 459 g/mol. The van der Waals surface area contributed by atoms with Crippen LogP contribution in [0.25, 0.3) is 0 Å². The van der Waals surface area contributed by atoms with E-state index >= 15 is 0 Å². The minimum absolute atomic E-state index is 0.133. The van der Waals surface area contributed by atoms with Gasteiger partial charge in [-0.05, 0) is 67.6 Å². The molecular formula is C23H26N2O4S2. The molecule has 0 atom stereocenters. The fraction of sp³-hybridized carbons (Fsp3) is 0.261. The number of aryl methyl sites for hydroxylation is 1. The van der Waals surface area contributed by atoms with E-state index in [1.807, 2.05) is 48.7 Å². The van der Waals surface area contributed by atoms with Crippen LogP contribution < -0.4 is 14.8 Å². The van der Waals surface area contributed by atoms with Crippen molar-refractivity contribution in [1.82, 2.24) is 10.0 Å². The van der Waals surface area contributed by atoms with Gasteiger partial charge in [-0.1, -0.05) is 23.8 Å². The van der Waals surface area contributed by atoms with Crippen LogP contribution >= 0.6 is 11.3 Å². The number of ether oxygens (including phenoxy) is 1. The molecule has 1 heterocycles. The van der Waals surface area contributed by atoms with E-state index in [1.54, 1.807) is 0 Å². The molecule has 164 valence electrons. The predicted octanol–water partition coefficient (Wildman–Crippen LogP) is 4.12. The van der Waals surface area contributed by atoms with Crippen LogP contribution in [-0.2, 0) is 16.6 Å². The van der Waals surface area contributed by atoms with Crippen molar-refractivity contribution in [3.63, 3.8) is 0 Å². The molecule has 6 nitrogen and oxygen atoms in total. The van der Waals surface area contributed by atoms with Crippen LogP contribution in [0.2, 0.25) is 0 Å². The maximum atomic E-state index is 12.4. The number of hydrogen-bond acceptors (Lipinski definition) is 5. The number of nitrogens with one attached hydrogen (secondary N) is 2. The fourth-order valence-electron chi connectivity index (χ4n) is 2.80. The summed E-state index contributed by atoms with van der Waals surface area (Å²) < 4.78 is 33.0. The lowest BCUT2D eigenvalue weighted by atomic mass is 10.2. The molecule has 1 amide bonds. The third-order valence-electron chi connectivity index (χ3n) is 4.59. The highest BCUT2D eigenvalue weighted by atomic mass is 32.2. The fourth-order valence-corrected chi connectivity index (χ4v) is 4.55. The SMILES string of the molecule is Cc1ccc(OCCCCNC(=O)c2ccc(S(=O)(=O)NCc3cccs3)cc2)cc1. The molecule has 3 aromatic rings. The van der Waals surface area contributed by atoms with Crippen LogP contribution in [0.4, 0.5) is 0 Å². The largest absolute Gasteiger partial charge is 0.494 e. The number of sulfonamides is 1. The Balaban J connectivity index is 1.38. The molecular weight excluding hydrogens is 432 g/mol. The first-order chi connectivity index (χ1) is 14.9. The van der Waals surface area contributed by atoms with Crippen molar-refractivity contribution in [3.05, 3.63) is 82.0 Å². The van der Waals surface area contributed by atoms with Crippen LogP contribution in [-0.4, -0.2) is 27.5 Å². The molecule has 0 unspecified atom stereocenters. The lowest BCUT2D eigenvalue weighted by Crippen LogP contribution is -2.25. The summed E-state index contributed by atoms with van der Waals surface area (Å²) in [4.78, 5) is 13.3. The van der Waals surface area contributed by atoms with Gasteiger partial charge >= 0.3 is 0 Å². The zero-order chi connectivity index (χ0) is 22.1. The number of benzene rings is 2. The van der Waals surface area contributed by atoms with Gasteiger partial charge in [-0.3, -0.25) is 4.79 Å². The van der Waals surface area contributed by atoms with Gasteiger partial charge in [0.2, 0.25) is 10.0 Å². The average Bonchev–Trinajstić information content (AvgIpc) is 3.30. The number of thiophene rings is 1. The van der Waals surface area contributed by atoms with Gasteiger partial charge in [-0.25, -0.2) is 13.1 Å². The second-order valence-corrected chi connectivity index (χ2v) is 9.85. The topological polar surface area (TPSA) is 84.5 Å². The van der Waals surface area contributed by atoms with E-state index in [2.05, 4.69) is 10.0 Å². The highest BCUT2D eigenvalue weighted by molar-refractivity contribution is 7.89. The van der Waals surface area contributed by atoms with Crippen molar-refractivity contribution in [1.29, 1.82) is 0 Å². The molecule has 31 heavy (non-hydrogen) atoms. The minimum Gasteiger partial charge on any atom is -0.494 e. The predicted molar refractivity (Wildman–Crippen MR) is 123 cm³/mol. The smallest absolute Gasteiger partial charge is 0.251 e. The number of rotatable bonds is 11. The van der Waals surface area contributed by atoms with E-state index in [-0.39, 0.29) is 17.3 Å². The maximum absolute atomic E-state index is 12.4. The third-order valence-corrected chi connectivity index (χ3v) is 6.88. The van der Waals surface area contributed by atoms with Gasteiger partial charge in [0.15, 0.2) is 0 Å².